The van der Waals surface area contributed by atoms with E-state index in [1.807, 2.05) is 30.3 Å². The summed E-state index contributed by atoms with van der Waals surface area (Å²) in [6, 6.07) is 9.50. The van der Waals surface area contributed by atoms with Gasteiger partial charge in [0.1, 0.15) is 5.60 Å². The van der Waals surface area contributed by atoms with Gasteiger partial charge >= 0.3 is 11.9 Å². The van der Waals surface area contributed by atoms with E-state index in [0.717, 1.165) is 5.56 Å². The van der Waals surface area contributed by atoms with Crippen LogP contribution in [0.3, 0.4) is 0 Å². The molecular weight excluding hydrogens is 284 g/mol. The molecule has 0 heterocycles. The second kappa shape index (κ2) is 7.94. The normalized spacial score (nSPS) is 14.0. The third kappa shape index (κ3) is 6.72. The van der Waals surface area contributed by atoms with Gasteiger partial charge in [0, 0.05) is 0 Å². The van der Waals surface area contributed by atoms with Gasteiger partial charge in [0.05, 0.1) is 6.61 Å². The summed E-state index contributed by atoms with van der Waals surface area (Å²) < 4.78 is 15.7. The maximum atomic E-state index is 11.9. The standard InChI is InChI=1S/C17H24O5/c1-12(20-11-14-9-7-6-8-10-14)15(18)21-13(2)16(19)22-17(3,4)5/h6-10,12-13H,11H2,1-5H3. The number of ether oxygens (including phenoxy) is 3. The molecule has 0 spiro atoms. The van der Waals surface area contributed by atoms with Crippen LogP contribution in [0.4, 0.5) is 0 Å². The molecule has 0 aliphatic carbocycles. The van der Waals surface area contributed by atoms with E-state index >= 15 is 0 Å². The quantitative estimate of drug-likeness (QED) is 0.756. The Bertz CT molecular complexity index is 490. The molecule has 0 amide bonds. The first kappa shape index (κ1) is 18.2. The zero-order valence-corrected chi connectivity index (χ0v) is 13.8. The number of hydrogen-bond acceptors (Lipinski definition) is 5. The Labute approximate surface area is 131 Å². The van der Waals surface area contributed by atoms with Crippen LogP contribution < -0.4 is 0 Å². The van der Waals surface area contributed by atoms with E-state index in [1.54, 1.807) is 27.7 Å². The van der Waals surface area contributed by atoms with E-state index in [-0.39, 0.29) is 0 Å². The Kier molecular flexibility index (Phi) is 6.56. The van der Waals surface area contributed by atoms with Crippen molar-refractivity contribution in [1.82, 2.24) is 0 Å². The van der Waals surface area contributed by atoms with E-state index < -0.39 is 29.7 Å². The molecule has 0 saturated heterocycles. The van der Waals surface area contributed by atoms with Gasteiger partial charge in [-0.2, -0.15) is 0 Å². The maximum Gasteiger partial charge on any atom is 0.347 e. The van der Waals surface area contributed by atoms with Crippen LogP contribution in [0.2, 0.25) is 0 Å². The molecule has 5 heteroatoms. The average Bonchev–Trinajstić information content (AvgIpc) is 2.43. The predicted octanol–water partition coefficient (Wildman–Crippen LogP) is 2.87. The Balaban J connectivity index is 2.41. The van der Waals surface area contributed by atoms with Crippen LogP contribution in [0.5, 0.6) is 0 Å². The van der Waals surface area contributed by atoms with Crippen molar-refractivity contribution in [3.8, 4) is 0 Å². The largest absolute Gasteiger partial charge is 0.457 e. The fourth-order valence-corrected chi connectivity index (χ4v) is 1.57. The van der Waals surface area contributed by atoms with Gasteiger partial charge in [-0.1, -0.05) is 30.3 Å². The highest BCUT2D eigenvalue weighted by Crippen LogP contribution is 2.11. The molecule has 22 heavy (non-hydrogen) atoms. The lowest BCUT2D eigenvalue weighted by Gasteiger charge is -2.23. The fourth-order valence-electron chi connectivity index (χ4n) is 1.57. The van der Waals surface area contributed by atoms with Gasteiger partial charge in [0.15, 0.2) is 12.2 Å². The first-order chi connectivity index (χ1) is 10.2. The minimum absolute atomic E-state index is 0.303. The highest BCUT2D eigenvalue weighted by Gasteiger charge is 2.26. The molecule has 0 radical (unpaired) electrons. The van der Waals surface area contributed by atoms with Gasteiger partial charge in [-0.25, -0.2) is 9.59 Å². The summed E-state index contributed by atoms with van der Waals surface area (Å²) in [6.07, 6.45) is -1.72. The topological polar surface area (TPSA) is 61.8 Å². The first-order valence-electron chi connectivity index (χ1n) is 7.28. The van der Waals surface area contributed by atoms with Gasteiger partial charge in [-0.05, 0) is 40.2 Å². The molecule has 0 aromatic heterocycles. The van der Waals surface area contributed by atoms with E-state index in [1.165, 1.54) is 6.92 Å². The smallest absolute Gasteiger partial charge is 0.347 e. The Morgan fingerprint density at radius 3 is 2.14 bits per heavy atom. The maximum absolute atomic E-state index is 11.9. The SMILES string of the molecule is CC(OCc1ccccc1)C(=O)OC(C)C(=O)OC(C)(C)C. The highest BCUT2D eigenvalue weighted by molar-refractivity contribution is 5.81. The van der Waals surface area contributed by atoms with Crippen molar-refractivity contribution in [3.05, 3.63) is 35.9 Å². The van der Waals surface area contributed by atoms with Crippen LogP contribution in [0.25, 0.3) is 0 Å². The van der Waals surface area contributed by atoms with Gasteiger partial charge in [0.25, 0.3) is 0 Å². The Hall–Kier alpha value is -1.88. The number of hydrogen-bond donors (Lipinski definition) is 0. The highest BCUT2D eigenvalue weighted by atomic mass is 16.6. The molecule has 2 unspecified atom stereocenters. The number of esters is 2. The van der Waals surface area contributed by atoms with Gasteiger partial charge < -0.3 is 14.2 Å². The molecule has 0 bridgehead atoms. The minimum Gasteiger partial charge on any atom is -0.457 e. The molecule has 0 saturated carbocycles. The lowest BCUT2D eigenvalue weighted by molar-refractivity contribution is -0.179. The average molecular weight is 308 g/mol. The van der Waals surface area contributed by atoms with Gasteiger partial charge in [-0.15, -0.1) is 0 Å². The lowest BCUT2D eigenvalue weighted by Crippen LogP contribution is -2.35. The van der Waals surface area contributed by atoms with Crippen LogP contribution in [0, 0.1) is 0 Å². The zero-order valence-electron chi connectivity index (χ0n) is 13.8. The van der Waals surface area contributed by atoms with Crippen molar-refractivity contribution in [2.24, 2.45) is 0 Å². The van der Waals surface area contributed by atoms with E-state index in [2.05, 4.69) is 0 Å². The molecule has 0 N–H and O–H groups in total. The van der Waals surface area contributed by atoms with Crippen LogP contribution in [0.1, 0.15) is 40.2 Å². The van der Waals surface area contributed by atoms with Crippen molar-refractivity contribution in [3.63, 3.8) is 0 Å². The molecular formula is C17H24O5. The monoisotopic (exact) mass is 308 g/mol. The van der Waals surface area contributed by atoms with Crippen LogP contribution >= 0.6 is 0 Å². The molecule has 0 fully saturated rings. The third-order valence-corrected chi connectivity index (χ3v) is 2.71. The lowest BCUT2D eigenvalue weighted by atomic mass is 10.2. The Morgan fingerprint density at radius 1 is 1.00 bits per heavy atom. The second-order valence-electron chi connectivity index (χ2n) is 6.05. The van der Waals surface area contributed by atoms with Crippen LogP contribution in [0.15, 0.2) is 30.3 Å². The molecule has 1 aromatic carbocycles. The van der Waals surface area contributed by atoms with E-state index in [9.17, 15) is 9.59 Å². The van der Waals surface area contributed by atoms with E-state index in [4.69, 9.17) is 14.2 Å². The number of rotatable bonds is 6. The zero-order chi connectivity index (χ0) is 16.8. The molecule has 2 atom stereocenters. The predicted molar refractivity (Wildman–Crippen MR) is 82.1 cm³/mol. The summed E-state index contributed by atoms with van der Waals surface area (Å²) in [5.41, 5.74) is 0.343. The van der Waals surface area contributed by atoms with Crippen LogP contribution in [-0.4, -0.2) is 29.7 Å². The van der Waals surface area contributed by atoms with Gasteiger partial charge in [0.2, 0.25) is 0 Å². The van der Waals surface area contributed by atoms with E-state index in [0.29, 0.717) is 6.61 Å². The third-order valence-electron chi connectivity index (χ3n) is 2.71. The van der Waals surface area contributed by atoms with Crippen LogP contribution in [-0.2, 0) is 30.4 Å². The molecule has 122 valence electrons. The van der Waals surface area contributed by atoms with Crippen molar-refractivity contribution in [2.45, 2.75) is 59.0 Å². The number of benzene rings is 1. The van der Waals surface area contributed by atoms with Crippen molar-refractivity contribution in [2.75, 3.05) is 0 Å². The van der Waals surface area contributed by atoms with Gasteiger partial charge in [-0.3, -0.25) is 0 Å². The molecule has 1 aromatic rings. The van der Waals surface area contributed by atoms with Crippen molar-refractivity contribution < 1.29 is 23.8 Å². The summed E-state index contributed by atoms with van der Waals surface area (Å²) in [5, 5.41) is 0. The number of carbonyl (C=O) groups is 2. The molecule has 0 aliphatic heterocycles. The second-order valence-corrected chi connectivity index (χ2v) is 6.05. The summed E-state index contributed by atoms with van der Waals surface area (Å²) >= 11 is 0. The van der Waals surface area contributed by atoms with Crippen molar-refractivity contribution >= 4 is 11.9 Å². The summed E-state index contributed by atoms with van der Waals surface area (Å²) in [6.45, 7) is 8.64. The molecule has 0 aliphatic rings. The van der Waals surface area contributed by atoms with Crippen molar-refractivity contribution in [1.29, 1.82) is 0 Å². The fraction of sp³-hybridized carbons (Fsp3) is 0.529. The molecule has 5 nitrogen and oxygen atoms in total. The summed E-state index contributed by atoms with van der Waals surface area (Å²) in [4.78, 5) is 23.6. The molecule has 1 rings (SSSR count). The Morgan fingerprint density at radius 2 is 1.59 bits per heavy atom. The minimum atomic E-state index is -0.963. The number of carbonyl (C=O) groups excluding carboxylic acids is 2. The first-order valence-corrected chi connectivity index (χ1v) is 7.28. The summed E-state index contributed by atoms with van der Waals surface area (Å²) in [5.74, 6) is -1.16. The summed E-state index contributed by atoms with van der Waals surface area (Å²) in [7, 11) is 0.